The summed E-state index contributed by atoms with van der Waals surface area (Å²) >= 11 is 0. The fourth-order valence-corrected chi connectivity index (χ4v) is 2.01. The van der Waals surface area contributed by atoms with Gasteiger partial charge in [0.25, 0.3) is 0 Å². The molecule has 0 aliphatic heterocycles. The molecule has 16 heavy (non-hydrogen) atoms. The molecule has 2 rings (SSSR count). The molecule has 1 heterocycles. The van der Waals surface area contributed by atoms with Crippen molar-refractivity contribution in [1.29, 1.82) is 0 Å². The predicted molar refractivity (Wildman–Crippen MR) is 61.6 cm³/mol. The third kappa shape index (κ3) is 2.32. The molecule has 0 saturated heterocycles. The Labute approximate surface area is 94.7 Å². The van der Waals surface area contributed by atoms with E-state index in [0.29, 0.717) is 23.2 Å². The smallest absolute Gasteiger partial charge is 0.337 e. The molecule has 1 aromatic rings. The van der Waals surface area contributed by atoms with Crippen molar-refractivity contribution in [2.75, 3.05) is 5.32 Å². The molecule has 2 atom stereocenters. The summed E-state index contributed by atoms with van der Waals surface area (Å²) in [5.74, 6) is -0.204. The van der Waals surface area contributed by atoms with Gasteiger partial charge in [0.05, 0.1) is 17.4 Å². The molecule has 0 bridgehead atoms. The SMILES string of the molecule is CCCC1CC1Nc1cnccc1C(=O)O. The molecule has 2 unspecified atom stereocenters. The number of anilines is 1. The highest BCUT2D eigenvalue weighted by atomic mass is 16.4. The summed E-state index contributed by atoms with van der Waals surface area (Å²) in [7, 11) is 0. The number of nitrogens with one attached hydrogen (secondary N) is 1. The van der Waals surface area contributed by atoms with Crippen LogP contribution < -0.4 is 5.32 Å². The molecule has 86 valence electrons. The van der Waals surface area contributed by atoms with Crippen LogP contribution >= 0.6 is 0 Å². The number of hydrogen-bond acceptors (Lipinski definition) is 3. The first-order chi connectivity index (χ1) is 7.72. The molecule has 1 fully saturated rings. The summed E-state index contributed by atoms with van der Waals surface area (Å²) in [6.07, 6.45) is 6.62. The minimum absolute atomic E-state index is 0.303. The third-order valence-corrected chi connectivity index (χ3v) is 2.97. The van der Waals surface area contributed by atoms with Gasteiger partial charge in [-0.25, -0.2) is 4.79 Å². The van der Waals surface area contributed by atoms with Gasteiger partial charge in [0.2, 0.25) is 0 Å². The maximum Gasteiger partial charge on any atom is 0.337 e. The first kappa shape index (κ1) is 10.9. The van der Waals surface area contributed by atoms with E-state index in [2.05, 4.69) is 17.2 Å². The van der Waals surface area contributed by atoms with Gasteiger partial charge in [-0.3, -0.25) is 4.98 Å². The average molecular weight is 220 g/mol. The van der Waals surface area contributed by atoms with E-state index in [9.17, 15) is 4.79 Å². The van der Waals surface area contributed by atoms with E-state index < -0.39 is 5.97 Å². The second-order valence-electron chi connectivity index (χ2n) is 4.26. The standard InChI is InChI=1S/C12H16N2O2/c1-2-3-8-6-10(8)14-11-7-13-5-4-9(11)12(15)16/h4-5,7-8,10,14H,2-3,6H2,1H3,(H,15,16). The molecule has 0 aromatic carbocycles. The van der Waals surface area contributed by atoms with Gasteiger partial charge in [-0.05, 0) is 24.8 Å². The van der Waals surface area contributed by atoms with Crippen LogP contribution in [0.1, 0.15) is 36.5 Å². The normalized spacial score (nSPS) is 22.8. The molecule has 1 aliphatic carbocycles. The lowest BCUT2D eigenvalue weighted by Crippen LogP contribution is -2.10. The Morgan fingerprint density at radius 3 is 3.19 bits per heavy atom. The highest BCUT2D eigenvalue weighted by Gasteiger charge is 2.36. The van der Waals surface area contributed by atoms with Crippen molar-refractivity contribution in [3.63, 3.8) is 0 Å². The number of carboxylic acids is 1. The second-order valence-corrected chi connectivity index (χ2v) is 4.26. The van der Waals surface area contributed by atoms with Gasteiger partial charge >= 0.3 is 5.97 Å². The van der Waals surface area contributed by atoms with Gasteiger partial charge in [-0.2, -0.15) is 0 Å². The lowest BCUT2D eigenvalue weighted by Gasteiger charge is -2.08. The van der Waals surface area contributed by atoms with E-state index in [1.54, 1.807) is 6.20 Å². The fourth-order valence-electron chi connectivity index (χ4n) is 2.01. The van der Waals surface area contributed by atoms with Crippen LogP contribution in [-0.2, 0) is 0 Å². The lowest BCUT2D eigenvalue weighted by molar-refractivity contribution is 0.0698. The van der Waals surface area contributed by atoms with Crippen LogP contribution in [0.4, 0.5) is 5.69 Å². The third-order valence-electron chi connectivity index (χ3n) is 2.97. The molecule has 0 radical (unpaired) electrons. The lowest BCUT2D eigenvalue weighted by atomic mass is 10.2. The highest BCUT2D eigenvalue weighted by molar-refractivity contribution is 5.93. The van der Waals surface area contributed by atoms with Crippen molar-refractivity contribution in [1.82, 2.24) is 4.98 Å². The van der Waals surface area contributed by atoms with Crippen LogP contribution in [-0.4, -0.2) is 22.1 Å². The molecule has 4 heteroatoms. The second kappa shape index (κ2) is 4.51. The Bertz CT molecular complexity index is 392. The minimum Gasteiger partial charge on any atom is -0.478 e. The van der Waals surface area contributed by atoms with Crippen LogP contribution in [0, 0.1) is 5.92 Å². The number of carbonyl (C=O) groups is 1. The Morgan fingerprint density at radius 2 is 2.50 bits per heavy atom. The summed E-state index contributed by atoms with van der Waals surface area (Å²) < 4.78 is 0. The largest absolute Gasteiger partial charge is 0.478 e. The summed E-state index contributed by atoms with van der Waals surface area (Å²) in [5.41, 5.74) is 0.941. The van der Waals surface area contributed by atoms with E-state index in [4.69, 9.17) is 5.11 Å². The Hall–Kier alpha value is -1.58. The highest BCUT2D eigenvalue weighted by Crippen LogP contribution is 2.37. The van der Waals surface area contributed by atoms with E-state index in [-0.39, 0.29) is 0 Å². The zero-order chi connectivity index (χ0) is 11.5. The van der Waals surface area contributed by atoms with Crippen LogP contribution in [0.15, 0.2) is 18.5 Å². The fraction of sp³-hybridized carbons (Fsp3) is 0.500. The van der Waals surface area contributed by atoms with Gasteiger partial charge in [-0.15, -0.1) is 0 Å². The Balaban J connectivity index is 2.02. The molecule has 4 nitrogen and oxygen atoms in total. The molecule has 1 saturated carbocycles. The van der Waals surface area contributed by atoms with Gasteiger partial charge in [0, 0.05) is 12.2 Å². The summed E-state index contributed by atoms with van der Waals surface area (Å²) in [6.45, 7) is 2.17. The van der Waals surface area contributed by atoms with Crippen LogP contribution in [0.25, 0.3) is 0 Å². The molecule has 0 spiro atoms. The Kier molecular flexibility index (Phi) is 3.08. The summed E-state index contributed by atoms with van der Waals surface area (Å²) in [4.78, 5) is 14.9. The summed E-state index contributed by atoms with van der Waals surface area (Å²) in [6, 6.07) is 1.96. The first-order valence-corrected chi connectivity index (χ1v) is 5.66. The van der Waals surface area contributed by atoms with E-state index in [1.165, 1.54) is 25.1 Å². The molecular formula is C12H16N2O2. The van der Waals surface area contributed by atoms with Crippen molar-refractivity contribution in [2.24, 2.45) is 5.92 Å². The van der Waals surface area contributed by atoms with Gasteiger partial charge < -0.3 is 10.4 Å². The van der Waals surface area contributed by atoms with E-state index in [1.807, 2.05) is 0 Å². The van der Waals surface area contributed by atoms with Gasteiger partial charge in [0.1, 0.15) is 0 Å². The predicted octanol–water partition coefficient (Wildman–Crippen LogP) is 2.38. The minimum atomic E-state index is -0.905. The van der Waals surface area contributed by atoms with Crippen LogP contribution in [0.2, 0.25) is 0 Å². The number of rotatable bonds is 5. The maximum atomic E-state index is 11.0. The zero-order valence-corrected chi connectivity index (χ0v) is 9.31. The maximum absolute atomic E-state index is 11.0. The average Bonchev–Trinajstić information content (AvgIpc) is 2.97. The molecule has 1 aromatic heterocycles. The van der Waals surface area contributed by atoms with E-state index >= 15 is 0 Å². The van der Waals surface area contributed by atoms with Crippen LogP contribution in [0.5, 0.6) is 0 Å². The first-order valence-electron chi connectivity index (χ1n) is 5.66. The van der Waals surface area contributed by atoms with Crippen molar-refractivity contribution < 1.29 is 9.90 Å². The molecule has 2 N–H and O–H groups in total. The number of pyridine rings is 1. The number of aromatic nitrogens is 1. The van der Waals surface area contributed by atoms with Gasteiger partial charge in [0.15, 0.2) is 0 Å². The number of hydrogen-bond donors (Lipinski definition) is 2. The zero-order valence-electron chi connectivity index (χ0n) is 9.31. The molecule has 0 amide bonds. The Morgan fingerprint density at radius 1 is 1.69 bits per heavy atom. The quantitative estimate of drug-likeness (QED) is 0.799. The number of carboxylic acid groups (broad SMARTS) is 1. The van der Waals surface area contributed by atoms with Crippen molar-refractivity contribution in [2.45, 2.75) is 32.2 Å². The van der Waals surface area contributed by atoms with Crippen molar-refractivity contribution in [3.8, 4) is 0 Å². The van der Waals surface area contributed by atoms with E-state index in [0.717, 1.165) is 6.42 Å². The molecular weight excluding hydrogens is 204 g/mol. The topological polar surface area (TPSA) is 62.2 Å². The summed E-state index contributed by atoms with van der Waals surface area (Å²) in [5, 5.41) is 12.3. The number of nitrogens with zero attached hydrogens (tertiary/aromatic N) is 1. The molecule has 1 aliphatic rings. The van der Waals surface area contributed by atoms with Crippen molar-refractivity contribution >= 4 is 11.7 Å². The monoisotopic (exact) mass is 220 g/mol. The van der Waals surface area contributed by atoms with Crippen molar-refractivity contribution in [3.05, 3.63) is 24.0 Å². The number of aromatic carboxylic acids is 1. The van der Waals surface area contributed by atoms with Gasteiger partial charge in [-0.1, -0.05) is 13.3 Å². The van der Waals surface area contributed by atoms with Crippen LogP contribution in [0.3, 0.4) is 0 Å².